The second-order valence-electron chi connectivity index (χ2n) is 5.00. The number of hydrogen-bond donors (Lipinski definition) is 2. The summed E-state index contributed by atoms with van der Waals surface area (Å²) in [7, 11) is 0. The van der Waals surface area contributed by atoms with Crippen LogP contribution in [0.15, 0.2) is 18.2 Å². The lowest BCUT2D eigenvalue weighted by Gasteiger charge is -2.12. The minimum absolute atomic E-state index is 0.00437. The van der Waals surface area contributed by atoms with Crippen molar-refractivity contribution in [1.29, 1.82) is 0 Å². The maximum absolute atomic E-state index is 13.4. The van der Waals surface area contributed by atoms with Crippen molar-refractivity contribution in [3.63, 3.8) is 0 Å². The first-order valence-corrected chi connectivity index (χ1v) is 6.42. The van der Waals surface area contributed by atoms with Gasteiger partial charge in [0.05, 0.1) is 12.3 Å². The number of carbonyl (C=O) groups excluding carboxylic acids is 1. The van der Waals surface area contributed by atoms with Crippen molar-refractivity contribution in [2.24, 2.45) is 5.92 Å². The second-order valence-corrected chi connectivity index (χ2v) is 5.00. The molecule has 0 bridgehead atoms. The Bertz CT molecular complexity index is 533. The first-order valence-electron chi connectivity index (χ1n) is 6.42. The standard InChI is InChI=1S/C14H15F2NO3/c15-11-3-1-2-8(13(11)16)7-12(18)17-10-5-4-9(6-10)14(19)20/h1-3,9-10H,4-7H2,(H,17,18)(H,19,20)/t9-,10+/m0/s1. The maximum Gasteiger partial charge on any atom is 0.306 e. The van der Waals surface area contributed by atoms with Crippen LogP contribution < -0.4 is 5.32 Å². The van der Waals surface area contributed by atoms with Gasteiger partial charge in [0, 0.05) is 11.6 Å². The number of carbonyl (C=O) groups is 2. The van der Waals surface area contributed by atoms with Gasteiger partial charge in [0.15, 0.2) is 11.6 Å². The predicted octanol–water partition coefficient (Wildman–Crippen LogP) is 1.88. The highest BCUT2D eigenvalue weighted by Crippen LogP contribution is 2.25. The summed E-state index contributed by atoms with van der Waals surface area (Å²) < 4.78 is 26.4. The summed E-state index contributed by atoms with van der Waals surface area (Å²) in [6.45, 7) is 0. The number of aliphatic carboxylic acids is 1. The monoisotopic (exact) mass is 283 g/mol. The van der Waals surface area contributed by atoms with Crippen LogP contribution in [0.1, 0.15) is 24.8 Å². The Labute approximate surface area is 114 Å². The Morgan fingerprint density at radius 1 is 1.30 bits per heavy atom. The number of benzene rings is 1. The molecule has 0 spiro atoms. The quantitative estimate of drug-likeness (QED) is 0.886. The van der Waals surface area contributed by atoms with Crippen molar-refractivity contribution in [1.82, 2.24) is 5.32 Å². The molecule has 4 nitrogen and oxygen atoms in total. The summed E-state index contributed by atoms with van der Waals surface area (Å²) in [4.78, 5) is 22.6. The number of amides is 1. The highest BCUT2D eigenvalue weighted by molar-refractivity contribution is 5.79. The SMILES string of the molecule is O=C(Cc1cccc(F)c1F)N[C@@H]1CC[C@H](C(=O)O)C1. The third kappa shape index (κ3) is 3.31. The molecule has 1 fully saturated rings. The largest absolute Gasteiger partial charge is 0.481 e. The number of carboxylic acid groups (broad SMARTS) is 1. The van der Waals surface area contributed by atoms with E-state index in [2.05, 4.69) is 5.32 Å². The molecular formula is C14H15F2NO3. The predicted molar refractivity (Wildman–Crippen MR) is 67.0 cm³/mol. The van der Waals surface area contributed by atoms with E-state index >= 15 is 0 Å². The zero-order chi connectivity index (χ0) is 14.7. The Balaban J connectivity index is 1.90. The molecule has 108 valence electrons. The number of nitrogens with one attached hydrogen (secondary N) is 1. The van der Waals surface area contributed by atoms with Gasteiger partial charge in [-0.25, -0.2) is 8.78 Å². The summed E-state index contributed by atoms with van der Waals surface area (Å²) in [6.07, 6.45) is 1.24. The normalized spacial score (nSPS) is 21.7. The van der Waals surface area contributed by atoms with Crippen LogP contribution in [0.2, 0.25) is 0 Å². The zero-order valence-electron chi connectivity index (χ0n) is 10.7. The third-order valence-corrected chi connectivity index (χ3v) is 3.53. The van der Waals surface area contributed by atoms with Crippen LogP contribution in [0.3, 0.4) is 0 Å². The molecule has 0 aliphatic heterocycles. The molecule has 1 aromatic rings. The molecule has 1 aromatic carbocycles. The number of halogens is 2. The molecule has 0 aromatic heterocycles. The van der Waals surface area contributed by atoms with E-state index in [1.165, 1.54) is 12.1 Å². The Morgan fingerprint density at radius 3 is 2.70 bits per heavy atom. The highest BCUT2D eigenvalue weighted by atomic mass is 19.2. The molecule has 6 heteroatoms. The Kier molecular flexibility index (Phi) is 4.32. The lowest BCUT2D eigenvalue weighted by molar-refractivity contribution is -0.141. The fourth-order valence-electron chi connectivity index (χ4n) is 2.47. The van der Waals surface area contributed by atoms with Crippen LogP contribution in [-0.4, -0.2) is 23.0 Å². The van der Waals surface area contributed by atoms with Gasteiger partial charge < -0.3 is 10.4 Å². The number of carboxylic acids is 1. The molecule has 0 radical (unpaired) electrons. The minimum Gasteiger partial charge on any atom is -0.481 e. The third-order valence-electron chi connectivity index (χ3n) is 3.53. The van der Waals surface area contributed by atoms with E-state index in [9.17, 15) is 18.4 Å². The molecule has 1 saturated carbocycles. The van der Waals surface area contributed by atoms with Gasteiger partial charge in [0.25, 0.3) is 0 Å². The zero-order valence-corrected chi connectivity index (χ0v) is 10.7. The number of hydrogen-bond acceptors (Lipinski definition) is 2. The molecule has 1 aliphatic rings. The lowest BCUT2D eigenvalue weighted by Crippen LogP contribution is -2.34. The second kappa shape index (κ2) is 5.98. The van der Waals surface area contributed by atoms with Crippen LogP contribution in [0.4, 0.5) is 8.78 Å². The van der Waals surface area contributed by atoms with Gasteiger partial charge in [-0.05, 0) is 25.3 Å². The van der Waals surface area contributed by atoms with Crippen LogP contribution >= 0.6 is 0 Å². The van der Waals surface area contributed by atoms with E-state index in [0.717, 1.165) is 6.07 Å². The lowest BCUT2D eigenvalue weighted by atomic mass is 10.1. The van der Waals surface area contributed by atoms with Crippen LogP contribution in [-0.2, 0) is 16.0 Å². The Morgan fingerprint density at radius 2 is 2.05 bits per heavy atom. The number of rotatable bonds is 4. The van der Waals surface area contributed by atoms with E-state index in [1.807, 2.05) is 0 Å². The van der Waals surface area contributed by atoms with Gasteiger partial charge in [-0.3, -0.25) is 9.59 Å². The average molecular weight is 283 g/mol. The van der Waals surface area contributed by atoms with Crippen molar-refractivity contribution >= 4 is 11.9 Å². The van der Waals surface area contributed by atoms with E-state index in [1.54, 1.807) is 0 Å². The summed E-state index contributed by atoms with van der Waals surface area (Å²) in [5, 5.41) is 11.5. The van der Waals surface area contributed by atoms with E-state index in [0.29, 0.717) is 19.3 Å². The molecule has 1 aliphatic carbocycles. The van der Waals surface area contributed by atoms with Crippen molar-refractivity contribution in [2.75, 3.05) is 0 Å². The van der Waals surface area contributed by atoms with Gasteiger partial charge in [-0.15, -0.1) is 0 Å². The highest BCUT2D eigenvalue weighted by Gasteiger charge is 2.30. The topological polar surface area (TPSA) is 66.4 Å². The molecule has 2 atom stereocenters. The van der Waals surface area contributed by atoms with Crippen LogP contribution in [0.25, 0.3) is 0 Å². The summed E-state index contributed by atoms with van der Waals surface area (Å²) in [6, 6.07) is 3.48. The average Bonchev–Trinajstić information content (AvgIpc) is 2.83. The first kappa shape index (κ1) is 14.4. The van der Waals surface area contributed by atoms with E-state index in [4.69, 9.17) is 5.11 Å². The molecule has 2 rings (SSSR count). The summed E-state index contributed by atoms with van der Waals surface area (Å²) >= 11 is 0. The molecule has 0 unspecified atom stereocenters. The van der Waals surface area contributed by atoms with E-state index < -0.39 is 29.4 Å². The van der Waals surface area contributed by atoms with Gasteiger partial charge in [-0.1, -0.05) is 12.1 Å². The molecular weight excluding hydrogens is 268 g/mol. The van der Waals surface area contributed by atoms with E-state index in [-0.39, 0.29) is 18.0 Å². The molecule has 2 N–H and O–H groups in total. The minimum atomic E-state index is -1.02. The molecule has 0 heterocycles. The fraction of sp³-hybridized carbons (Fsp3) is 0.429. The summed E-state index contributed by atoms with van der Waals surface area (Å²) in [5.74, 6) is -3.73. The van der Waals surface area contributed by atoms with Crippen molar-refractivity contribution in [2.45, 2.75) is 31.7 Å². The molecule has 1 amide bonds. The van der Waals surface area contributed by atoms with Gasteiger partial charge in [0.2, 0.25) is 5.91 Å². The smallest absolute Gasteiger partial charge is 0.306 e. The van der Waals surface area contributed by atoms with Crippen LogP contribution in [0.5, 0.6) is 0 Å². The maximum atomic E-state index is 13.4. The summed E-state index contributed by atoms with van der Waals surface area (Å²) in [5.41, 5.74) is -0.00437. The Hall–Kier alpha value is -1.98. The fourth-order valence-corrected chi connectivity index (χ4v) is 2.47. The van der Waals surface area contributed by atoms with Crippen molar-refractivity contribution in [3.8, 4) is 0 Å². The van der Waals surface area contributed by atoms with Gasteiger partial charge >= 0.3 is 5.97 Å². The van der Waals surface area contributed by atoms with Crippen LogP contribution in [0, 0.1) is 17.6 Å². The molecule has 20 heavy (non-hydrogen) atoms. The van der Waals surface area contributed by atoms with Crippen molar-refractivity contribution < 1.29 is 23.5 Å². The first-order chi connectivity index (χ1) is 9.47. The van der Waals surface area contributed by atoms with Gasteiger partial charge in [0.1, 0.15) is 0 Å². The van der Waals surface area contributed by atoms with Crippen molar-refractivity contribution in [3.05, 3.63) is 35.4 Å². The molecule has 0 saturated heterocycles. The van der Waals surface area contributed by atoms with Gasteiger partial charge in [-0.2, -0.15) is 0 Å².